The molecule has 0 radical (unpaired) electrons. The van der Waals surface area contributed by atoms with Crippen molar-refractivity contribution in [2.75, 3.05) is 20.8 Å². The monoisotopic (exact) mass is 894 g/mol. The number of H-pyrrole nitrogens is 2. The fourth-order valence-corrected chi connectivity index (χ4v) is 11.3. The Kier molecular flexibility index (Phi) is 11.0. The highest BCUT2D eigenvalue weighted by Gasteiger charge is 2.56. The van der Waals surface area contributed by atoms with E-state index in [0.29, 0.717) is 24.8 Å². The molecule has 10 rings (SSSR count). The lowest BCUT2D eigenvalue weighted by molar-refractivity contribution is -0.137. The van der Waals surface area contributed by atoms with Crippen LogP contribution in [-0.4, -0.2) is 92.6 Å². The zero-order valence-electron chi connectivity index (χ0n) is 39.1. The molecule has 0 unspecified atom stereocenters. The molecule has 4 amide bonds. The Balaban J connectivity index is 0.886. The molecule has 3 heterocycles. The second kappa shape index (κ2) is 16.6. The molecule has 2 spiro atoms. The lowest BCUT2D eigenvalue weighted by Crippen LogP contribution is -2.53. The summed E-state index contributed by atoms with van der Waals surface area (Å²) in [5.41, 5.74) is 11.3. The van der Waals surface area contributed by atoms with Gasteiger partial charge in [0.05, 0.1) is 49.7 Å². The van der Waals surface area contributed by atoms with Gasteiger partial charge in [0.1, 0.15) is 23.7 Å². The molecule has 1 saturated heterocycles. The van der Waals surface area contributed by atoms with Crippen molar-refractivity contribution in [2.45, 2.75) is 122 Å². The number of hydrogen-bond donors (Lipinski definition) is 4. The Morgan fingerprint density at radius 2 is 1.45 bits per heavy atom. The fraction of sp³-hybridized carbons (Fsp3) is 0.500. The van der Waals surface area contributed by atoms with Gasteiger partial charge in [-0.15, -0.1) is 0 Å². The summed E-state index contributed by atoms with van der Waals surface area (Å²) in [6.07, 6.45) is 8.75. The normalized spacial score (nSPS) is 21.5. The van der Waals surface area contributed by atoms with Crippen molar-refractivity contribution in [1.82, 2.24) is 40.4 Å². The first-order valence-electron chi connectivity index (χ1n) is 23.8. The fourth-order valence-electron chi connectivity index (χ4n) is 11.3. The second-order valence-corrected chi connectivity index (χ2v) is 20.6. The maximum Gasteiger partial charge on any atom is 0.407 e. The van der Waals surface area contributed by atoms with Gasteiger partial charge in [-0.25, -0.2) is 19.6 Å². The molecule has 5 aliphatic rings. The first kappa shape index (κ1) is 43.7. The largest absolute Gasteiger partial charge is 0.453 e. The number of benzene rings is 3. The van der Waals surface area contributed by atoms with Crippen LogP contribution >= 0.6 is 0 Å². The van der Waals surface area contributed by atoms with Crippen molar-refractivity contribution >= 4 is 35.0 Å². The van der Waals surface area contributed by atoms with Gasteiger partial charge in [0.2, 0.25) is 11.8 Å². The van der Waals surface area contributed by atoms with Gasteiger partial charge in [-0.05, 0) is 138 Å². The quantitative estimate of drug-likeness (QED) is 0.0960. The number of alkyl carbamates (subject to hydrolysis) is 2. The molecule has 346 valence electrons. The van der Waals surface area contributed by atoms with Crippen LogP contribution in [0, 0.1) is 23.2 Å². The molecule has 5 atom stereocenters. The topological polar surface area (TPSA) is 175 Å². The van der Waals surface area contributed by atoms with Gasteiger partial charge in [-0.1, -0.05) is 65.0 Å². The minimum Gasteiger partial charge on any atom is -0.453 e. The number of carbonyl (C=O) groups is 4. The molecule has 4 aliphatic carbocycles. The molecule has 3 saturated carbocycles. The van der Waals surface area contributed by atoms with Gasteiger partial charge in [0.25, 0.3) is 0 Å². The lowest BCUT2D eigenvalue weighted by atomic mass is 9.90. The van der Waals surface area contributed by atoms with Crippen LogP contribution in [0.25, 0.3) is 44.5 Å². The number of nitrogens with zero attached hydrogens (tertiary/aromatic N) is 4. The van der Waals surface area contributed by atoms with Gasteiger partial charge < -0.3 is 39.9 Å². The highest BCUT2D eigenvalue weighted by molar-refractivity contribution is 5.90. The Bertz CT molecular complexity index is 2730. The predicted octanol–water partition coefficient (Wildman–Crippen LogP) is 9.01. The first-order valence-corrected chi connectivity index (χ1v) is 23.8. The third kappa shape index (κ3) is 7.79. The summed E-state index contributed by atoms with van der Waals surface area (Å²) in [4.78, 5) is 73.6. The number of carbonyl (C=O) groups excluding carboxylic acids is 4. The number of amides is 4. The Morgan fingerprint density at radius 1 is 0.818 bits per heavy atom. The number of fused-ring (bicyclic) bond motifs is 6. The Labute approximate surface area is 386 Å². The van der Waals surface area contributed by atoms with E-state index in [1.807, 2.05) is 43.7 Å². The number of hydrogen-bond acceptors (Lipinski definition) is 8. The summed E-state index contributed by atoms with van der Waals surface area (Å²) in [6, 6.07) is 18.4. The molecule has 3 aromatic carbocycles. The van der Waals surface area contributed by atoms with Crippen molar-refractivity contribution in [1.29, 1.82) is 0 Å². The lowest BCUT2D eigenvalue weighted by Gasteiger charge is -2.33. The molecular formula is C52H62N8O6. The van der Waals surface area contributed by atoms with Gasteiger partial charge >= 0.3 is 12.2 Å². The van der Waals surface area contributed by atoms with E-state index in [0.717, 1.165) is 90.6 Å². The van der Waals surface area contributed by atoms with E-state index in [2.05, 4.69) is 82.1 Å². The summed E-state index contributed by atoms with van der Waals surface area (Å²) >= 11 is 0. The zero-order chi connectivity index (χ0) is 46.2. The number of imidazole rings is 2. The van der Waals surface area contributed by atoms with Crippen LogP contribution in [0.3, 0.4) is 0 Å². The molecule has 5 aromatic rings. The number of aromatic nitrogens is 4. The number of nitrogens with one attached hydrogen (secondary N) is 4. The molecular weight excluding hydrogens is 833 g/mol. The van der Waals surface area contributed by atoms with E-state index in [9.17, 15) is 19.2 Å². The minimum atomic E-state index is -0.709. The average molecular weight is 895 g/mol. The molecule has 0 bridgehead atoms. The zero-order valence-corrected chi connectivity index (χ0v) is 39.1. The summed E-state index contributed by atoms with van der Waals surface area (Å²) in [5.74, 6) is 1.56. The Morgan fingerprint density at radius 3 is 2.08 bits per heavy atom. The summed E-state index contributed by atoms with van der Waals surface area (Å²) in [7, 11) is 2.63. The van der Waals surface area contributed by atoms with Crippen molar-refractivity contribution in [3.8, 4) is 33.5 Å². The van der Waals surface area contributed by atoms with Crippen LogP contribution in [-0.2, 0) is 31.0 Å². The van der Waals surface area contributed by atoms with E-state index in [1.54, 1.807) is 0 Å². The first-order chi connectivity index (χ1) is 31.7. The summed E-state index contributed by atoms with van der Waals surface area (Å²) in [5, 5.41) is 5.56. The van der Waals surface area contributed by atoms with Crippen LogP contribution in [0.15, 0.2) is 60.8 Å². The van der Waals surface area contributed by atoms with Gasteiger partial charge in [-0.3, -0.25) is 9.59 Å². The summed E-state index contributed by atoms with van der Waals surface area (Å²) < 4.78 is 9.73. The minimum absolute atomic E-state index is 0.0411. The molecule has 4 fully saturated rings. The van der Waals surface area contributed by atoms with Crippen molar-refractivity contribution in [2.24, 2.45) is 23.2 Å². The summed E-state index contributed by atoms with van der Waals surface area (Å²) in [6.45, 7) is 11.0. The smallest absolute Gasteiger partial charge is 0.407 e. The molecule has 14 nitrogen and oxygen atoms in total. The van der Waals surface area contributed by atoms with Crippen LogP contribution in [0.4, 0.5) is 9.59 Å². The molecule has 14 heteroatoms. The van der Waals surface area contributed by atoms with E-state index in [1.165, 1.54) is 36.5 Å². The van der Waals surface area contributed by atoms with Crippen molar-refractivity contribution in [3.63, 3.8) is 0 Å². The van der Waals surface area contributed by atoms with E-state index in [-0.39, 0.29) is 46.6 Å². The van der Waals surface area contributed by atoms with E-state index >= 15 is 0 Å². The van der Waals surface area contributed by atoms with Crippen molar-refractivity contribution in [3.05, 3.63) is 83.6 Å². The van der Waals surface area contributed by atoms with Crippen LogP contribution in [0.2, 0.25) is 0 Å². The number of ether oxygens (including phenoxy) is 2. The highest BCUT2D eigenvalue weighted by Crippen LogP contribution is 2.63. The standard InChI is InChI=1S/C52H62N8O6/c1-28(2)44(57-49(63)65-6)47(61)59(34-12-8-30(5)20-34)26-43-54-39-15-11-32(23-40(39)55-43)31-9-13-35-36-14-10-33(22-38(36)52(18-19-52)37(35)21-31)41-25-53-46(56-41)42-24-51(16-17-51)27-60(42)48(62)45(29(3)4)58-50(64)66-7/h9-11,13-15,21-23,25,28-30,34,42,44-45H,8,12,16-20,24,26-27H2,1-7H3,(H,53,56)(H,54,55)(H,57,63)(H,58,64)/t30-,34+,42-,44-,45-/m0/s1. The number of methoxy groups -OCH3 is 2. The van der Waals surface area contributed by atoms with Gasteiger partial charge in [0.15, 0.2) is 0 Å². The second-order valence-electron chi connectivity index (χ2n) is 20.6. The molecule has 2 aromatic heterocycles. The maximum absolute atomic E-state index is 14.2. The van der Waals surface area contributed by atoms with Gasteiger partial charge in [0, 0.05) is 18.0 Å². The number of aromatic amines is 2. The van der Waals surface area contributed by atoms with E-state index < -0.39 is 24.3 Å². The molecule has 1 aliphatic heterocycles. The van der Waals surface area contributed by atoms with Crippen LogP contribution in [0.5, 0.6) is 0 Å². The van der Waals surface area contributed by atoms with Crippen LogP contribution < -0.4 is 10.6 Å². The maximum atomic E-state index is 14.2. The number of likely N-dealkylation sites (tertiary alicyclic amines) is 1. The molecule has 4 N–H and O–H groups in total. The SMILES string of the molecule is COC(=O)N[C@H](C(=O)N(Cc1nc2ccc(-c3ccc4c(c3)C3(CC3)c3cc(-c5cnc([C@@H]6CC7(CC7)CN6C(=O)[C@@H](NC(=O)OC)C(C)C)[nH]5)ccc3-4)cc2[nH]1)[C@@H]1CC[C@H](C)C1)C(C)C. The van der Waals surface area contributed by atoms with Crippen molar-refractivity contribution < 1.29 is 28.7 Å². The highest BCUT2D eigenvalue weighted by atomic mass is 16.5. The average Bonchev–Trinajstić information content (AvgIpc) is 3.90. The van der Waals surface area contributed by atoms with Crippen LogP contribution in [0.1, 0.15) is 115 Å². The third-order valence-corrected chi connectivity index (χ3v) is 15.4. The predicted molar refractivity (Wildman–Crippen MR) is 251 cm³/mol. The van der Waals surface area contributed by atoms with E-state index in [4.69, 9.17) is 19.4 Å². The Hall–Kier alpha value is -6.18. The molecule has 66 heavy (non-hydrogen) atoms. The number of rotatable bonds is 12. The third-order valence-electron chi connectivity index (χ3n) is 15.4. The van der Waals surface area contributed by atoms with Gasteiger partial charge in [-0.2, -0.15) is 0 Å².